The van der Waals surface area contributed by atoms with Crippen molar-refractivity contribution in [3.05, 3.63) is 53.3 Å². The maximum absolute atomic E-state index is 12.3. The first-order valence-corrected chi connectivity index (χ1v) is 7.70. The van der Waals surface area contributed by atoms with Crippen LogP contribution >= 0.6 is 0 Å². The van der Waals surface area contributed by atoms with E-state index in [1.54, 1.807) is 12.4 Å². The molecule has 0 radical (unpaired) electrons. The first-order valence-electron chi connectivity index (χ1n) is 7.70. The molecule has 0 bridgehead atoms. The zero-order valence-electron chi connectivity index (χ0n) is 12.7. The Bertz CT molecular complexity index is 654. The van der Waals surface area contributed by atoms with Crippen LogP contribution in [0.5, 0.6) is 0 Å². The number of nitrogens with one attached hydrogen (secondary N) is 2. The van der Waals surface area contributed by atoms with E-state index >= 15 is 0 Å². The molecule has 1 unspecified atom stereocenters. The second kappa shape index (κ2) is 6.56. The summed E-state index contributed by atoms with van der Waals surface area (Å²) in [6.07, 6.45) is 6.00. The van der Waals surface area contributed by atoms with E-state index in [0.717, 1.165) is 25.8 Å². The summed E-state index contributed by atoms with van der Waals surface area (Å²) in [6.45, 7) is 2.73. The lowest BCUT2D eigenvalue weighted by Crippen LogP contribution is -2.38. The molecule has 1 aliphatic rings. The quantitative estimate of drug-likeness (QED) is 0.907. The van der Waals surface area contributed by atoms with Gasteiger partial charge in [-0.1, -0.05) is 24.3 Å². The standard InChI is InChI=1S/C17H20N4O/c1-2-18-17-19-10-14(11-20-17)16(22)21-15-8-7-12-5-3-4-6-13(12)9-15/h3-6,10-11,15H,2,7-9H2,1H3,(H,21,22)(H,18,19,20). The van der Waals surface area contributed by atoms with Gasteiger partial charge in [0.05, 0.1) is 5.56 Å². The minimum absolute atomic E-state index is 0.104. The lowest BCUT2D eigenvalue weighted by Gasteiger charge is -2.25. The molecule has 2 aromatic rings. The number of nitrogens with zero attached hydrogens (tertiary/aromatic N) is 2. The van der Waals surface area contributed by atoms with Crippen molar-refractivity contribution in [3.63, 3.8) is 0 Å². The molecule has 22 heavy (non-hydrogen) atoms. The van der Waals surface area contributed by atoms with Crippen LogP contribution in [0, 0.1) is 0 Å². The van der Waals surface area contributed by atoms with Gasteiger partial charge in [0.2, 0.25) is 5.95 Å². The fourth-order valence-electron chi connectivity index (χ4n) is 2.78. The van der Waals surface area contributed by atoms with Crippen LogP contribution in [0.3, 0.4) is 0 Å². The zero-order valence-corrected chi connectivity index (χ0v) is 12.7. The van der Waals surface area contributed by atoms with Crippen molar-refractivity contribution in [2.45, 2.75) is 32.2 Å². The molecule has 1 atom stereocenters. The highest BCUT2D eigenvalue weighted by atomic mass is 16.1. The van der Waals surface area contributed by atoms with E-state index in [0.29, 0.717) is 11.5 Å². The van der Waals surface area contributed by atoms with Gasteiger partial charge in [0.1, 0.15) is 0 Å². The molecule has 1 heterocycles. The third kappa shape index (κ3) is 3.24. The van der Waals surface area contributed by atoms with Gasteiger partial charge in [-0.3, -0.25) is 4.79 Å². The molecule has 0 saturated carbocycles. The highest BCUT2D eigenvalue weighted by molar-refractivity contribution is 5.93. The normalized spacial score (nSPS) is 16.7. The SMILES string of the molecule is CCNc1ncc(C(=O)NC2CCc3ccccc3C2)cn1. The number of rotatable bonds is 4. The van der Waals surface area contributed by atoms with Gasteiger partial charge in [0.15, 0.2) is 0 Å². The average molecular weight is 296 g/mol. The van der Waals surface area contributed by atoms with Gasteiger partial charge in [-0.15, -0.1) is 0 Å². The van der Waals surface area contributed by atoms with Crippen molar-refractivity contribution in [2.75, 3.05) is 11.9 Å². The molecule has 2 N–H and O–H groups in total. The number of amides is 1. The number of anilines is 1. The number of fused-ring (bicyclic) bond motifs is 1. The minimum atomic E-state index is -0.104. The van der Waals surface area contributed by atoms with Gasteiger partial charge in [-0.2, -0.15) is 0 Å². The predicted octanol–water partition coefficient (Wildman–Crippen LogP) is 2.20. The number of aryl methyl sites for hydroxylation is 1. The smallest absolute Gasteiger partial charge is 0.254 e. The van der Waals surface area contributed by atoms with Crippen LogP contribution in [0.2, 0.25) is 0 Å². The first-order chi connectivity index (χ1) is 10.8. The Balaban J connectivity index is 1.62. The van der Waals surface area contributed by atoms with E-state index in [9.17, 15) is 4.79 Å². The van der Waals surface area contributed by atoms with Crippen molar-refractivity contribution < 1.29 is 4.79 Å². The van der Waals surface area contributed by atoms with E-state index in [1.165, 1.54) is 11.1 Å². The predicted molar refractivity (Wildman–Crippen MR) is 85.9 cm³/mol. The second-order valence-corrected chi connectivity index (χ2v) is 5.51. The Kier molecular flexibility index (Phi) is 4.32. The van der Waals surface area contributed by atoms with Gasteiger partial charge in [-0.25, -0.2) is 9.97 Å². The summed E-state index contributed by atoms with van der Waals surface area (Å²) in [5.74, 6) is 0.443. The van der Waals surface area contributed by atoms with E-state index < -0.39 is 0 Å². The maximum Gasteiger partial charge on any atom is 0.254 e. The molecule has 0 fully saturated rings. The van der Waals surface area contributed by atoms with E-state index in [4.69, 9.17) is 0 Å². The number of carbonyl (C=O) groups is 1. The molecule has 0 aliphatic heterocycles. The fraction of sp³-hybridized carbons (Fsp3) is 0.353. The van der Waals surface area contributed by atoms with Crippen LogP contribution in [0.15, 0.2) is 36.7 Å². The van der Waals surface area contributed by atoms with Crippen molar-refractivity contribution in [1.82, 2.24) is 15.3 Å². The Hall–Kier alpha value is -2.43. The van der Waals surface area contributed by atoms with E-state index in [2.05, 4.69) is 44.9 Å². The lowest BCUT2D eigenvalue weighted by molar-refractivity contribution is 0.0933. The molecule has 1 amide bonds. The summed E-state index contributed by atoms with van der Waals surface area (Å²) in [5, 5.41) is 6.10. The molecule has 1 aromatic carbocycles. The van der Waals surface area contributed by atoms with Crippen LogP contribution in [0.25, 0.3) is 0 Å². The van der Waals surface area contributed by atoms with Crippen molar-refractivity contribution in [1.29, 1.82) is 0 Å². The van der Waals surface area contributed by atoms with Crippen LogP contribution < -0.4 is 10.6 Å². The molecule has 114 valence electrons. The molecule has 5 heteroatoms. The summed E-state index contributed by atoms with van der Waals surface area (Å²) in [4.78, 5) is 20.6. The van der Waals surface area contributed by atoms with Crippen LogP contribution in [0.1, 0.15) is 34.8 Å². The summed E-state index contributed by atoms with van der Waals surface area (Å²) < 4.78 is 0. The number of benzene rings is 1. The van der Waals surface area contributed by atoms with Gasteiger partial charge in [-0.05, 0) is 37.3 Å². The molecule has 3 rings (SSSR count). The monoisotopic (exact) mass is 296 g/mol. The van der Waals surface area contributed by atoms with Crippen LogP contribution in [-0.4, -0.2) is 28.5 Å². The number of carbonyl (C=O) groups excluding carboxylic acids is 1. The Morgan fingerprint density at radius 2 is 1.95 bits per heavy atom. The lowest BCUT2D eigenvalue weighted by atomic mass is 9.88. The first kappa shape index (κ1) is 14.5. The molecular weight excluding hydrogens is 276 g/mol. The summed E-state index contributed by atoms with van der Waals surface area (Å²) in [6, 6.07) is 8.61. The number of hydrogen-bond donors (Lipinski definition) is 2. The fourth-order valence-corrected chi connectivity index (χ4v) is 2.78. The Morgan fingerprint density at radius 1 is 1.23 bits per heavy atom. The topological polar surface area (TPSA) is 66.9 Å². The van der Waals surface area contributed by atoms with Gasteiger partial charge in [0, 0.05) is 25.0 Å². The molecule has 0 saturated heterocycles. The minimum Gasteiger partial charge on any atom is -0.355 e. The third-order valence-electron chi connectivity index (χ3n) is 3.93. The Morgan fingerprint density at radius 3 is 2.68 bits per heavy atom. The molecule has 1 aromatic heterocycles. The van der Waals surface area contributed by atoms with E-state index in [-0.39, 0.29) is 11.9 Å². The average Bonchev–Trinajstić information content (AvgIpc) is 2.56. The van der Waals surface area contributed by atoms with Gasteiger partial charge < -0.3 is 10.6 Å². The van der Waals surface area contributed by atoms with Gasteiger partial charge in [0.25, 0.3) is 5.91 Å². The second-order valence-electron chi connectivity index (χ2n) is 5.51. The summed E-state index contributed by atoms with van der Waals surface area (Å²) in [5.41, 5.74) is 3.23. The van der Waals surface area contributed by atoms with Crippen LogP contribution in [0.4, 0.5) is 5.95 Å². The van der Waals surface area contributed by atoms with Crippen molar-refractivity contribution in [2.24, 2.45) is 0 Å². The molecule has 0 spiro atoms. The molecular formula is C17H20N4O. The third-order valence-corrected chi connectivity index (χ3v) is 3.93. The zero-order chi connectivity index (χ0) is 15.4. The van der Waals surface area contributed by atoms with Crippen molar-refractivity contribution in [3.8, 4) is 0 Å². The Labute approximate surface area is 130 Å². The van der Waals surface area contributed by atoms with Gasteiger partial charge >= 0.3 is 0 Å². The van der Waals surface area contributed by atoms with Crippen molar-refractivity contribution >= 4 is 11.9 Å². The number of hydrogen-bond acceptors (Lipinski definition) is 4. The summed E-state index contributed by atoms with van der Waals surface area (Å²) in [7, 11) is 0. The van der Waals surface area contributed by atoms with Crippen LogP contribution in [-0.2, 0) is 12.8 Å². The maximum atomic E-state index is 12.3. The summed E-state index contributed by atoms with van der Waals surface area (Å²) >= 11 is 0. The van der Waals surface area contributed by atoms with E-state index in [1.807, 2.05) is 6.92 Å². The molecule has 1 aliphatic carbocycles. The highest BCUT2D eigenvalue weighted by Crippen LogP contribution is 2.21. The highest BCUT2D eigenvalue weighted by Gasteiger charge is 2.20. The molecule has 5 nitrogen and oxygen atoms in total. The largest absolute Gasteiger partial charge is 0.355 e. The number of aromatic nitrogens is 2.